The summed E-state index contributed by atoms with van der Waals surface area (Å²) in [5, 5.41) is 7.71. The zero-order valence-electron chi connectivity index (χ0n) is 23.8. The van der Waals surface area contributed by atoms with E-state index in [-0.39, 0.29) is 0 Å². The number of hydrogen-bond acceptors (Lipinski definition) is 8. The molecule has 0 spiro atoms. The number of rotatable bonds is 13. The average Bonchev–Trinajstić information content (AvgIpc) is 3.41. The van der Waals surface area contributed by atoms with Gasteiger partial charge in [-0.1, -0.05) is 30.3 Å². The lowest BCUT2D eigenvalue weighted by Crippen LogP contribution is -2.12. The van der Waals surface area contributed by atoms with Gasteiger partial charge >= 0.3 is 0 Å². The minimum absolute atomic E-state index is 0.547. The van der Waals surface area contributed by atoms with Crippen LogP contribution in [0.3, 0.4) is 0 Å². The molecule has 2 N–H and O–H groups in total. The summed E-state index contributed by atoms with van der Waals surface area (Å²) in [5.41, 5.74) is 5.51. The van der Waals surface area contributed by atoms with Gasteiger partial charge in [-0.3, -0.25) is 14.2 Å². The summed E-state index contributed by atoms with van der Waals surface area (Å²) < 4.78 is 20.8. The number of aromatic nitrogens is 2. The fourth-order valence-electron chi connectivity index (χ4n) is 3.81. The zero-order chi connectivity index (χ0) is 28.7. The molecule has 212 valence electrons. The van der Waals surface area contributed by atoms with Crippen LogP contribution in [-0.2, 0) is 11.3 Å². The Kier molecular flexibility index (Phi) is 12.6. The largest absolute Gasteiger partial charge is 0.497 e. The monoisotopic (exact) mass is 562 g/mol. The van der Waals surface area contributed by atoms with Crippen LogP contribution in [0.4, 0.5) is 5.69 Å². The molecule has 0 bridgehead atoms. The molecule has 40 heavy (non-hydrogen) atoms. The summed E-state index contributed by atoms with van der Waals surface area (Å²) in [6.45, 7) is 7.08. The van der Waals surface area contributed by atoms with Crippen molar-refractivity contribution >= 4 is 23.9 Å². The second kappa shape index (κ2) is 16.3. The molecular weight excluding hydrogens is 524 g/mol. The van der Waals surface area contributed by atoms with Crippen molar-refractivity contribution in [2.24, 2.45) is 0 Å². The van der Waals surface area contributed by atoms with Crippen LogP contribution in [-0.4, -0.2) is 57.1 Å². The Hall–Kier alpha value is -3.79. The predicted octanol–water partition coefficient (Wildman–Crippen LogP) is 6.10. The van der Waals surface area contributed by atoms with Crippen LogP contribution in [0, 0.1) is 6.92 Å². The Bertz CT molecular complexity index is 1360. The highest BCUT2D eigenvalue weighted by molar-refractivity contribution is 7.97. The lowest BCUT2D eigenvalue weighted by Gasteiger charge is -2.09. The van der Waals surface area contributed by atoms with Crippen molar-refractivity contribution in [1.29, 1.82) is 0 Å². The number of ether oxygens (including phenoxy) is 3. The van der Waals surface area contributed by atoms with Crippen LogP contribution in [0.5, 0.6) is 11.5 Å². The highest BCUT2D eigenvalue weighted by Crippen LogP contribution is 2.26. The van der Waals surface area contributed by atoms with Gasteiger partial charge in [-0.25, -0.2) is 0 Å². The second-order valence-corrected chi connectivity index (χ2v) is 9.69. The summed E-state index contributed by atoms with van der Waals surface area (Å²) in [7, 11) is 5.18. The maximum atomic E-state index is 11.4. The van der Waals surface area contributed by atoms with E-state index in [9.17, 15) is 4.79 Å². The first-order valence-corrected chi connectivity index (χ1v) is 13.9. The van der Waals surface area contributed by atoms with Crippen LogP contribution in [0.2, 0.25) is 0 Å². The van der Waals surface area contributed by atoms with E-state index >= 15 is 0 Å². The summed E-state index contributed by atoms with van der Waals surface area (Å²) >= 11 is 1.66. The van der Waals surface area contributed by atoms with Crippen LogP contribution in [0.15, 0.2) is 77.8 Å². The van der Waals surface area contributed by atoms with E-state index in [0.29, 0.717) is 17.8 Å². The van der Waals surface area contributed by atoms with E-state index in [1.807, 2.05) is 62.5 Å². The number of carbonyl (C=O) groups excluding carboxylic acids is 1. The molecule has 0 atom stereocenters. The predicted molar refractivity (Wildman–Crippen MR) is 163 cm³/mol. The van der Waals surface area contributed by atoms with Crippen molar-refractivity contribution < 1.29 is 19.0 Å². The third-order valence-electron chi connectivity index (χ3n) is 5.95. The standard InChI is InChI=1S/C19H18N2O3.C12H20N2OS/c1-23-17-7-3-5-14(9-17)11-21-12-16(13-22)19(20-21)15-6-4-8-18(10-15)24-2;1-4-15-8-7-14-16-12-9-11(13-3)6-5-10(12)2/h3-10,12-13H,11H2,1-2H3;5-6,9,13-14H,4,7-8H2,1-3H3. The molecule has 0 saturated heterocycles. The quantitative estimate of drug-likeness (QED) is 0.115. The number of anilines is 1. The number of hydrogen-bond donors (Lipinski definition) is 2. The minimum atomic E-state index is 0.547. The normalized spacial score (nSPS) is 10.4. The lowest BCUT2D eigenvalue weighted by atomic mass is 10.1. The highest BCUT2D eigenvalue weighted by atomic mass is 32.2. The molecule has 0 fully saturated rings. The fraction of sp³-hybridized carbons (Fsp3) is 0.290. The fourth-order valence-corrected chi connectivity index (χ4v) is 4.56. The molecule has 0 aliphatic rings. The summed E-state index contributed by atoms with van der Waals surface area (Å²) in [6.07, 6.45) is 2.57. The molecule has 1 aromatic heterocycles. The molecule has 0 aliphatic carbocycles. The summed E-state index contributed by atoms with van der Waals surface area (Å²) in [5.74, 6) is 1.52. The molecule has 4 rings (SSSR count). The number of aldehydes is 1. The number of aryl methyl sites for hydroxylation is 1. The first-order chi connectivity index (χ1) is 19.5. The molecule has 8 nitrogen and oxygen atoms in total. The van der Waals surface area contributed by atoms with E-state index in [1.165, 1.54) is 10.5 Å². The topological polar surface area (TPSA) is 86.6 Å². The van der Waals surface area contributed by atoms with Gasteiger partial charge in [-0.2, -0.15) is 5.10 Å². The summed E-state index contributed by atoms with van der Waals surface area (Å²) in [6, 6.07) is 21.6. The van der Waals surface area contributed by atoms with Crippen LogP contribution in [0.1, 0.15) is 28.4 Å². The van der Waals surface area contributed by atoms with E-state index in [0.717, 1.165) is 54.4 Å². The van der Waals surface area contributed by atoms with E-state index in [1.54, 1.807) is 37.0 Å². The number of methoxy groups -OCH3 is 2. The Morgan fingerprint density at radius 2 is 1.75 bits per heavy atom. The molecule has 0 radical (unpaired) electrons. The smallest absolute Gasteiger partial charge is 0.153 e. The van der Waals surface area contributed by atoms with Crippen molar-refractivity contribution in [1.82, 2.24) is 14.5 Å². The van der Waals surface area contributed by atoms with E-state index in [4.69, 9.17) is 14.2 Å². The molecule has 0 amide bonds. The molecule has 0 unspecified atom stereocenters. The van der Waals surface area contributed by atoms with Gasteiger partial charge in [-0.15, -0.1) is 0 Å². The van der Waals surface area contributed by atoms with Gasteiger partial charge in [0.25, 0.3) is 0 Å². The highest BCUT2D eigenvalue weighted by Gasteiger charge is 2.12. The SMILES string of the molecule is CCOCCNSc1cc(NC)ccc1C.COc1cccc(Cn2cc(C=O)c(-c3cccc(OC)c3)n2)c1. The Balaban J connectivity index is 0.000000241. The molecule has 4 aromatic rings. The average molecular weight is 563 g/mol. The van der Waals surface area contributed by atoms with Gasteiger partial charge in [0.2, 0.25) is 0 Å². The number of nitrogens with one attached hydrogen (secondary N) is 2. The number of carbonyl (C=O) groups is 1. The van der Waals surface area contributed by atoms with Gasteiger partial charge < -0.3 is 19.5 Å². The Labute approximate surface area is 241 Å². The van der Waals surface area contributed by atoms with Crippen LogP contribution >= 0.6 is 11.9 Å². The first-order valence-electron chi connectivity index (χ1n) is 13.1. The minimum Gasteiger partial charge on any atom is -0.497 e. The number of nitrogens with zero attached hydrogens (tertiary/aromatic N) is 2. The third-order valence-corrected chi connectivity index (χ3v) is 6.96. The number of benzene rings is 3. The van der Waals surface area contributed by atoms with Crippen molar-refractivity contribution in [3.63, 3.8) is 0 Å². The Morgan fingerprint density at radius 3 is 2.45 bits per heavy atom. The van der Waals surface area contributed by atoms with Gasteiger partial charge in [0, 0.05) is 42.5 Å². The van der Waals surface area contributed by atoms with Gasteiger partial charge in [0.1, 0.15) is 17.2 Å². The molecular formula is C31H38N4O4S. The van der Waals surface area contributed by atoms with Gasteiger partial charge in [0.05, 0.1) is 32.9 Å². The van der Waals surface area contributed by atoms with Crippen LogP contribution < -0.4 is 19.5 Å². The second-order valence-electron chi connectivity index (χ2n) is 8.76. The lowest BCUT2D eigenvalue weighted by molar-refractivity contribution is 0.112. The molecule has 0 saturated carbocycles. The maximum absolute atomic E-state index is 11.4. The van der Waals surface area contributed by atoms with Crippen molar-refractivity contribution in [3.05, 3.63) is 89.6 Å². The maximum Gasteiger partial charge on any atom is 0.153 e. The van der Waals surface area contributed by atoms with Crippen molar-refractivity contribution in [2.45, 2.75) is 25.3 Å². The zero-order valence-corrected chi connectivity index (χ0v) is 24.6. The van der Waals surface area contributed by atoms with E-state index in [2.05, 4.69) is 40.3 Å². The molecule has 1 heterocycles. The van der Waals surface area contributed by atoms with Crippen molar-refractivity contribution in [3.8, 4) is 22.8 Å². The third kappa shape index (κ3) is 9.15. The van der Waals surface area contributed by atoms with Crippen molar-refractivity contribution in [2.75, 3.05) is 46.3 Å². The molecule has 9 heteroatoms. The molecule has 3 aromatic carbocycles. The van der Waals surface area contributed by atoms with Crippen LogP contribution in [0.25, 0.3) is 11.3 Å². The molecule has 0 aliphatic heterocycles. The van der Waals surface area contributed by atoms with Gasteiger partial charge in [-0.05, 0) is 73.3 Å². The Morgan fingerprint density at radius 1 is 1.00 bits per heavy atom. The summed E-state index contributed by atoms with van der Waals surface area (Å²) in [4.78, 5) is 12.7. The van der Waals surface area contributed by atoms with E-state index < -0.39 is 0 Å². The first kappa shape index (κ1) is 30.7. The van der Waals surface area contributed by atoms with Gasteiger partial charge in [0.15, 0.2) is 6.29 Å².